The van der Waals surface area contributed by atoms with Crippen molar-refractivity contribution >= 4 is 23.2 Å². The number of methoxy groups -OCH3 is 2. The van der Waals surface area contributed by atoms with E-state index in [1.807, 2.05) is 30.3 Å². The van der Waals surface area contributed by atoms with Crippen molar-refractivity contribution in [3.8, 4) is 11.5 Å². The van der Waals surface area contributed by atoms with Crippen LogP contribution < -0.4 is 20.1 Å². The molecule has 2 N–H and O–H groups in total. The fraction of sp³-hybridized carbons (Fsp3) is 0.200. The van der Waals surface area contributed by atoms with Gasteiger partial charge < -0.3 is 25.0 Å². The minimum atomic E-state index is -0.253. The summed E-state index contributed by atoms with van der Waals surface area (Å²) in [5.74, 6) is 0.883. The van der Waals surface area contributed by atoms with Crippen LogP contribution in [0.1, 0.15) is 15.9 Å². The van der Waals surface area contributed by atoms with E-state index in [1.165, 1.54) is 0 Å². The second-order valence-electron chi connectivity index (χ2n) is 7.20. The molecule has 2 amide bonds. The van der Waals surface area contributed by atoms with Gasteiger partial charge in [-0.15, -0.1) is 0 Å². The molecule has 3 aromatic rings. The Bertz CT molecular complexity index is 1070. The van der Waals surface area contributed by atoms with Crippen LogP contribution >= 0.6 is 0 Å². The maximum Gasteiger partial charge on any atom is 0.253 e. The summed E-state index contributed by atoms with van der Waals surface area (Å²) in [5, 5.41) is 5.87. The van der Waals surface area contributed by atoms with E-state index in [2.05, 4.69) is 10.6 Å². The van der Waals surface area contributed by atoms with E-state index in [9.17, 15) is 9.59 Å². The lowest BCUT2D eigenvalue weighted by Crippen LogP contribution is -2.26. The van der Waals surface area contributed by atoms with Crippen LogP contribution in [-0.2, 0) is 11.3 Å². The van der Waals surface area contributed by atoms with Gasteiger partial charge in [0.2, 0.25) is 5.91 Å². The zero-order valence-electron chi connectivity index (χ0n) is 18.4. The summed E-state index contributed by atoms with van der Waals surface area (Å²) in [6, 6.07) is 22.0. The van der Waals surface area contributed by atoms with E-state index in [-0.39, 0.29) is 18.4 Å². The van der Waals surface area contributed by atoms with Gasteiger partial charge in [0, 0.05) is 30.9 Å². The summed E-state index contributed by atoms with van der Waals surface area (Å²) in [6.07, 6.45) is 0. The van der Waals surface area contributed by atoms with Crippen molar-refractivity contribution in [1.29, 1.82) is 0 Å². The van der Waals surface area contributed by atoms with E-state index >= 15 is 0 Å². The predicted molar refractivity (Wildman–Crippen MR) is 125 cm³/mol. The highest BCUT2D eigenvalue weighted by Crippen LogP contribution is 2.28. The van der Waals surface area contributed by atoms with Gasteiger partial charge in [0.15, 0.2) is 0 Å². The van der Waals surface area contributed by atoms with E-state index in [0.717, 1.165) is 5.56 Å². The number of carbonyl (C=O) groups is 2. The minimum absolute atomic E-state index is 0.0234. The molecule has 0 heterocycles. The maximum atomic E-state index is 12.8. The summed E-state index contributed by atoms with van der Waals surface area (Å²) in [6.45, 7) is 0.526. The monoisotopic (exact) mass is 433 g/mol. The van der Waals surface area contributed by atoms with Crippen LogP contribution in [0.5, 0.6) is 11.5 Å². The molecule has 3 rings (SSSR count). The second-order valence-corrected chi connectivity index (χ2v) is 7.20. The highest BCUT2D eigenvalue weighted by Gasteiger charge is 2.13. The Morgan fingerprint density at radius 2 is 1.69 bits per heavy atom. The summed E-state index contributed by atoms with van der Waals surface area (Å²) in [7, 11) is 4.89. The topological polar surface area (TPSA) is 79.9 Å². The van der Waals surface area contributed by atoms with Crippen molar-refractivity contribution in [2.45, 2.75) is 6.54 Å². The van der Waals surface area contributed by atoms with E-state index < -0.39 is 0 Å². The number of hydrogen-bond acceptors (Lipinski definition) is 5. The summed E-state index contributed by atoms with van der Waals surface area (Å²) < 4.78 is 10.5. The molecule has 7 heteroatoms. The molecule has 0 aromatic heterocycles. The van der Waals surface area contributed by atoms with Gasteiger partial charge in [-0.2, -0.15) is 0 Å². The Morgan fingerprint density at radius 3 is 2.41 bits per heavy atom. The standard InChI is InChI=1S/C25H27N3O4/c1-28(17-18-8-5-4-6-9-18)25(30)19-10-7-11-20(14-19)27-24(29)16-26-22-15-21(31-2)12-13-23(22)32-3/h4-15,26H,16-17H2,1-3H3,(H,27,29). The number of benzene rings is 3. The van der Waals surface area contributed by atoms with E-state index in [4.69, 9.17) is 9.47 Å². The van der Waals surface area contributed by atoms with Crippen molar-refractivity contribution in [2.75, 3.05) is 38.4 Å². The predicted octanol–water partition coefficient (Wildman–Crippen LogP) is 4.03. The average molecular weight is 434 g/mol. The van der Waals surface area contributed by atoms with Gasteiger partial charge in [0.05, 0.1) is 26.5 Å². The fourth-order valence-corrected chi connectivity index (χ4v) is 3.21. The van der Waals surface area contributed by atoms with Crippen LogP contribution in [0.15, 0.2) is 72.8 Å². The smallest absolute Gasteiger partial charge is 0.253 e. The Hall–Kier alpha value is -4.00. The summed E-state index contributed by atoms with van der Waals surface area (Å²) in [5.41, 5.74) is 2.75. The average Bonchev–Trinajstić information content (AvgIpc) is 2.82. The Balaban J connectivity index is 1.60. The number of nitrogens with zero attached hydrogens (tertiary/aromatic N) is 1. The van der Waals surface area contributed by atoms with Gasteiger partial charge in [-0.05, 0) is 35.9 Å². The Labute approximate surface area is 188 Å². The lowest BCUT2D eigenvalue weighted by molar-refractivity contribution is -0.114. The first-order valence-corrected chi connectivity index (χ1v) is 10.2. The first-order valence-electron chi connectivity index (χ1n) is 10.2. The molecule has 0 saturated heterocycles. The number of ether oxygens (including phenoxy) is 2. The van der Waals surface area contributed by atoms with Gasteiger partial charge in [0.25, 0.3) is 5.91 Å². The zero-order chi connectivity index (χ0) is 22.9. The van der Waals surface area contributed by atoms with E-state index in [1.54, 1.807) is 68.6 Å². The van der Waals surface area contributed by atoms with E-state index in [0.29, 0.717) is 35.0 Å². The molecule has 0 bridgehead atoms. The van der Waals surface area contributed by atoms with Crippen LogP contribution in [0.4, 0.5) is 11.4 Å². The molecular formula is C25H27N3O4. The molecule has 0 aliphatic rings. The third kappa shape index (κ3) is 6.01. The molecule has 0 unspecified atom stereocenters. The van der Waals surface area contributed by atoms with Crippen molar-refractivity contribution in [1.82, 2.24) is 4.90 Å². The van der Waals surface area contributed by atoms with Gasteiger partial charge in [0.1, 0.15) is 11.5 Å². The SMILES string of the molecule is COc1ccc(OC)c(NCC(=O)Nc2cccc(C(=O)N(C)Cc3ccccc3)c2)c1. The van der Waals surface area contributed by atoms with Gasteiger partial charge in [-0.3, -0.25) is 9.59 Å². The molecular weight excluding hydrogens is 406 g/mol. The largest absolute Gasteiger partial charge is 0.497 e. The molecule has 7 nitrogen and oxygen atoms in total. The van der Waals surface area contributed by atoms with Crippen molar-refractivity contribution < 1.29 is 19.1 Å². The van der Waals surface area contributed by atoms with Crippen LogP contribution in [0.25, 0.3) is 0 Å². The molecule has 3 aromatic carbocycles. The highest BCUT2D eigenvalue weighted by molar-refractivity contribution is 5.98. The fourth-order valence-electron chi connectivity index (χ4n) is 3.21. The van der Waals surface area contributed by atoms with Crippen LogP contribution in [0.2, 0.25) is 0 Å². The number of amides is 2. The summed E-state index contributed by atoms with van der Waals surface area (Å²) in [4.78, 5) is 26.9. The molecule has 32 heavy (non-hydrogen) atoms. The maximum absolute atomic E-state index is 12.8. The number of rotatable bonds is 9. The molecule has 0 fully saturated rings. The van der Waals surface area contributed by atoms with Crippen molar-refractivity contribution in [3.05, 3.63) is 83.9 Å². The second kappa shape index (κ2) is 10.9. The van der Waals surface area contributed by atoms with Crippen molar-refractivity contribution in [3.63, 3.8) is 0 Å². The van der Waals surface area contributed by atoms with Gasteiger partial charge >= 0.3 is 0 Å². The Kier molecular flexibility index (Phi) is 7.70. The van der Waals surface area contributed by atoms with Gasteiger partial charge in [-0.25, -0.2) is 0 Å². The van der Waals surface area contributed by atoms with Crippen LogP contribution in [0.3, 0.4) is 0 Å². The highest BCUT2D eigenvalue weighted by atomic mass is 16.5. The quantitative estimate of drug-likeness (QED) is 0.533. The van der Waals surface area contributed by atoms with Crippen LogP contribution in [0, 0.1) is 0 Å². The summed E-state index contributed by atoms with van der Waals surface area (Å²) >= 11 is 0. The van der Waals surface area contributed by atoms with Gasteiger partial charge in [-0.1, -0.05) is 36.4 Å². The molecule has 0 radical (unpaired) electrons. The molecule has 0 atom stereocenters. The van der Waals surface area contributed by atoms with Crippen LogP contribution in [-0.4, -0.2) is 44.5 Å². The number of hydrogen-bond donors (Lipinski definition) is 2. The third-order valence-electron chi connectivity index (χ3n) is 4.85. The number of nitrogens with one attached hydrogen (secondary N) is 2. The first kappa shape index (κ1) is 22.7. The molecule has 0 aliphatic carbocycles. The number of carbonyl (C=O) groups excluding carboxylic acids is 2. The van der Waals surface area contributed by atoms with Crippen molar-refractivity contribution in [2.24, 2.45) is 0 Å². The zero-order valence-corrected chi connectivity index (χ0v) is 18.4. The first-order chi connectivity index (χ1) is 15.5. The molecule has 0 spiro atoms. The molecule has 166 valence electrons. The third-order valence-corrected chi connectivity index (χ3v) is 4.85. The lowest BCUT2D eigenvalue weighted by Gasteiger charge is -2.18. The molecule has 0 saturated carbocycles. The normalized spacial score (nSPS) is 10.2. The Morgan fingerprint density at radius 1 is 0.906 bits per heavy atom. The number of anilines is 2. The molecule has 0 aliphatic heterocycles. The lowest BCUT2D eigenvalue weighted by atomic mass is 10.1. The minimum Gasteiger partial charge on any atom is -0.497 e.